The molecule has 788 valence electrons. The lowest BCUT2D eigenvalue weighted by Crippen LogP contribution is -2.23. The summed E-state index contributed by atoms with van der Waals surface area (Å²) in [5, 5.41) is 15.5. The topological polar surface area (TPSA) is 184 Å². The zero-order chi connectivity index (χ0) is 111. The fourth-order valence-electron chi connectivity index (χ4n) is 16.8. The molecular weight excluding hydrogens is 1990 g/mol. The Kier molecular flexibility index (Phi) is 47.1. The maximum absolute atomic E-state index is 12.0. The molecule has 14 aromatic rings. The summed E-state index contributed by atoms with van der Waals surface area (Å²) in [4.78, 5) is 82.7. The summed E-state index contributed by atoms with van der Waals surface area (Å²) in [7, 11) is 14.8. The van der Waals surface area contributed by atoms with Crippen LogP contribution in [0.3, 0.4) is 0 Å². The van der Waals surface area contributed by atoms with Crippen molar-refractivity contribution in [2.75, 3.05) is 49.8 Å². The summed E-state index contributed by atoms with van der Waals surface area (Å²) < 4.78 is 39.0. The minimum absolute atomic E-state index is 0.0106. The van der Waals surface area contributed by atoms with Crippen LogP contribution in [-0.4, -0.2) is 90.3 Å². The molecule has 0 saturated heterocycles. The lowest BCUT2D eigenvalue weighted by Gasteiger charge is -2.29. The van der Waals surface area contributed by atoms with Gasteiger partial charge in [-0.15, -0.1) is 0 Å². The van der Waals surface area contributed by atoms with Gasteiger partial charge in [0.1, 0.15) is 40.2 Å². The molecule has 0 saturated carbocycles. The Morgan fingerprint density at radius 2 is 0.440 bits per heavy atom. The predicted molar refractivity (Wildman–Crippen MR) is 652 cm³/mol. The Morgan fingerprint density at radius 1 is 0.187 bits per heavy atom. The van der Waals surface area contributed by atoms with Crippen molar-refractivity contribution in [3.8, 4) is 40.2 Å². The Hall–Kier alpha value is -11.6. The highest BCUT2D eigenvalue weighted by molar-refractivity contribution is 7.58. The third-order valence-electron chi connectivity index (χ3n) is 24.6. The second kappa shape index (κ2) is 57.2. The number of para-hydroxylation sites is 2. The molecule has 7 atom stereocenters. The first kappa shape index (κ1) is 124. The number of ketones is 7. The molecule has 0 aromatic heterocycles. The molecular formula is C129H153O14P7. The van der Waals surface area contributed by atoms with Gasteiger partial charge < -0.3 is 33.2 Å². The Bertz CT molecular complexity index is 7070. The number of hydrogen-bond donors (Lipinski definition) is 0. The van der Waals surface area contributed by atoms with Crippen LogP contribution in [-0.2, 0) is 21.7 Å². The first-order valence-electron chi connectivity index (χ1n) is 50.0. The Morgan fingerprint density at radius 3 is 0.793 bits per heavy atom. The van der Waals surface area contributed by atoms with Crippen LogP contribution in [0.2, 0.25) is 0 Å². The fourth-order valence-corrected chi connectivity index (χ4v) is 27.0. The standard InChI is InChI=1S/C23H31O2P.2C20H25O2P.2C17H19O2P.2C16H17O2P/c1-15(24)17-11-9-10-12-19(17)26-20-14-16(22(2,3)4)13-18(21(20)25-8)23(5,6)7;1-13-11-15(20(3,4)5)12-18(19(13)22-6)23-17-10-8-7-9-16(17)14(2)21;1-13-11-16(20(3,4)5)19(22-6)18(12-13)23-17-10-8-7-9-15(17)14(2)21;1-11-8-9-15(14(10-11)13(3)18)20-16-7-5-6-12(2)17(16)19-4;1-11-9-12(2)17(19-4)16(10-11)20-15-8-6-5-7-14(15)13(3)18;1-11-8-9-15(13(10-11)12(2)17)19-16-7-5-4-6-14(16)18-3;1-11-8-9-14(18-3)16(10-11)19-15-7-5-4-6-13(15)12(2)17/h9-14,26H,1-8H3;2*7-12,23H,1-6H3;2*5-10,20H,1-4H3;2*4-10,19H,1-3H3. The van der Waals surface area contributed by atoms with Crippen molar-refractivity contribution >= 4 is 175 Å². The van der Waals surface area contributed by atoms with Gasteiger partial charge >= 0.3 is 0 Å². The van der Waals surface area contributed by atoms with Gasteiger partial charge in [0.2, 0.25) is 0 Å². The van der Waals surface area contributed by atoms with Gasteiger partial charge in [0, 0.05) is 87.2 Å². The minimum atomic E-state index is -0.0219. The molecule has 0 heterocycles. The maximum Gasteiger partial charge on any atom is 0.160 e. The Balaban J connectivity index is 0.000000214. The van der Waals surface area contributed by atoms with Crippen molar-refractivity contribution in [2.24, 2.45) is 0 Å². The van der Waals surface area contributed by atoms with E-state index >= 15 is 0 Å². The van der Waals surface area contributed by atoms with Crippen molar-refractivity contribution in [1.82, 2.24) is 0 Å². The van der Waals surface area contributed by atoms with Crippen LogP contribution in [0.25, 0.3) is 0 Å². The summed E-state index contributed by atoms with van der Waals surface area (Å²) >= 11 is 0. The highest BCUT2D eigenvalue weighted by atomic mass is 31.1. The van der Waals surface area contributed by atoms with E-state index in [1.165, 1.54) is 44.2 Å². The van der Waals surface area contributed by atoms with Crippen LogP contribution in [0.5, 0.6) is 40.2 Å². The molecule has 0 aliphatic rings. The van der Waals surface area contributed by atoms with Crippen molar-refractivity contribution in [3.05, 3.63) is 373 Å². The van der Waals surface area contributed by atoms with Crippen molar-refractivity contribution in [3.63, 3.8) is 0 Å². The molecule has 14 rings (SSSR count). The molecule has 0 amide bonds. The lowest BCUT2D eigenvalue weighted by molar-refractivity contribution is 0.101. The number of ether oxygens (including phenoxy) is 7. The smallest absolute Gasteiger partial charge is 0.160 e. The normalized spacial score (nSPS) is 11.5. The zero-order valence-corrected chi connectivity index (χ0v) is 101. The third-order valence-corrected chi connectivity index (χ3v) is 34.1. The largest absolute Gasteiger partial charge is 0.496 e. The van der Waals surface area contributed by atoms with E-state index in [9.17, 15) is 33.6 Å². The van der Waals surface area contributed by atoms with Gasteiger partial charge in [-0.05, 0) is 256 Å². The molecule has 0 aliphatic carbocycles. The molecule has 7 unspecified atom stereocenters. The molecule has 0 bridgehead atoms. The first-order chi connectivity index (χ1) is 70.7. The number of carbonyl (C=O) groups excluding carboxylic acids is 7. The SMILES string of the molecule is COc1c(C)cc(C(C)(C)C)cc1Pc1ccccc1C(C)=O.COc1c(C)cc(C)cc1Pc1ccccc1C(C)=O.COc1c(C)cccc1Pc1ccc(C)cc1C(C)=O.COc1c(Pc2ccccc2C(C)=O)cc(C(C)(C)C)cc1C(C)(C)C.COc1c(Pc2ccccc2C(C)=O)cc(C)cc1C(C)(C)C.COc1ccc(C)cc1Pc1ccccc1C(C)=O.COc1ccccc1Pc1ccc(C)cc1C(C)=O. The van der Waals surface area contributed by atoms with Gasteiger partial charge in [-0.1, -0.05) is 372 Å². The van der Waals surface area contributed by atoms with Gasteiger partial charge in [0.25, 0.3) is 0 Å². The maximum atomic E-state index is 12.0. The molecule has 14 aromatic carbocycles. The summed E-state index contributed by atoms with van der Waals surface area (Å²) in [6.45, 7) is 54.3. The third kappa shape index (κ3) is 35.5. The Labute approximate surface area is 906 Å². The number of hydrogen-bond acceptors (Lipinski definition) is 14. The van der Waals surface area contributed by atoms with E-state index in [0.29, 0.717) is 60.1 Å². The van der Waals surface area contributed by atoms with Crippen LogP contribution in [0.4, 0.5) is 0 Å². The molecule has 0 fully saturated rings. The fraction of sp³-hybridized carbons (Fsp3) is 0.295. The number of Topliss-reactive ketones (excluding diaryl/α,β-unsaturated/α-hetero) is 7. The van der Waals surface area contributed by atoms with Gasteiger partial charge in [-0.25, -0.2) is 0 Å². The van der Waals surface area contributed by atoms with E-state index in [-0.39, 0.29) is 62.1 Å². The average Bonchev–Trinajstić information content (AvgIpc) is 0.778. The minimum Gasteiger partial charge on any atom is -0.496 e. The predicted octanol–water partition coefficient (Wildman–Crippen LogP) is 25.3. The van der Waals surface area contributed by atoms with Crippen LogP contribution >= 0.6 is 60.1 Å². The second-order valence-corrected chi connectivity index (χ2v) is 50.5. The van der Waals surface area contributed by atoms with Gasteiger partial charge in [0.15, 0.2) is 40.5 Å². The quantitative estimate of drug-likeness (QED) is 0.0333. The molecule has 0 radical (unpaired) electrons. The van der Waals surface area contributed by atoms with Crippen LogP contribution < -0.4 is 107 Å². The number of benzene rings is 14. The molecule has 0 N–H and O–H groups in total. The molecule has 21 heteroatoms. The van der Waals surface area contributed by atoms with Crippen LogP contribution in [0, 0.1) is 55.4 Å². The second-order valence-electron chi connectivity index (χ2n) is 41.2. The molecule has 0 aliphatic heterocycles. The molecule has 0 spiro atoms. The van der Waals surface area contributed by atoms with Crippen LogP contribution in [0.1, 0.15) is 271 Å². The summed E-state index contributed by atoms with van der Waals surface area (Å²) in [5.74, 6) is 7.17. The number of aryl methyl sites for hydroxylation is 8. The summed E-state index contributed by atoms with van der Waals surface area (Å²) in [5.41, 5.74) is 20.0. The number of carbonyl (C=O) groups is 7. The van der Waals surface area contributed by atoms with Gasteiger partial charge in [-0.2, -0.15) is 0 Å². The van der Waals surface area contributed by atoms with E-state index in [0.717, 1.165) is 176 Å². The van der Waals surface area contributed by atoms with Crippen molar-refractivity contribution in [1.29, 1.82) is 0 Å². The highest BCUT2D eigenvalue weighted by Gasteiger charge is 2.29. The summed E-state index contributed by atoms with van der Waals surface area (Å²) in [6.07, 6.45) is 0. The van der Waals surface area contributed by atoms with E-state index in [2.05, 4.69) is 190 Å². The van der Waals surface area contributed by atoms with E-state index in [1.54, 1.807) is 98.2 Å². The lowest BCUT2D eigenvalue weighted by atomic mass is 9.80. The molecule has 150 heavy (non-hydrogen) atoms. The van der Waals surface area contributed by atoms with Gasteiger partial charge in [-0.3, -0.25) is 33.6 Å². The van der Waals surface area contributed by atoms with E-state index in [4.69, 9.17) is 33.2 Å². The number of methoxy groups -OCH3 is 7. The van der Waals surface area contributed by atoms with Crippen molar-refractivity contribution in [2.45, 2.75) is 209 Å². The van der Waals surface area contributed by atoms with E-state index < -0.39 is 0 Å². The van der Waals surface area contributed by atoms with Gasteiger partial charge in [0.05, 0.1) is 49.8 Å². The monoisotopic (exact) mass is 2140 g/mol. The van der Waals surface area contributed by atoms with Crippen molar-refractivity contribution < 1.29 is 66.7 Å². The molecule has 14 nitrogen and oxygen atoms in total. The highest BCUT2D eigenvalue weighted by Crippen LogP contribution is 2.40. The first-order valence-corrected chi connectivity index (χ1v) is 57.0. The van der Waals surface area contributed by atoms with E-state index in [1.807, 2.05) is 215 Å². The summed E-state index contributed by atoms with van der Waals surface area (Å²) in [6, 6.07) is 89.0. The van der Waals surface area contributed by atoms with Crippen LogP contribution in [0.15, 0.2) is 267 Å². The number of rotatable bonds is 28. The zero-order valence-electron chi connectivity index (χ0n) is 94.1. The average molecular weight is 2140 g/mol.